The first-order chi connectivity index (χ1) is 11.0. The van der Waals surface area contributed by atoms with Crippen LogP contribution in [0.4, 0.5) is 13.2 Å². The zero-order valence-electron chi connectivity index (χ0n) is 13.1. The predicted octanol–water partition coefficient (Wildman–Crippen LogP) is 2.99. The molecule has 2 fully saturated rings. The molecule has 3 rings (SSSR count). The average molecular weight is 328 g/mol. The largest absolute Gasteiger partial charge is 0.401 e. The highest BCUT2D eigenvalue weighted by Gasteiger charge is 2.35. The molecule has 0 aliphatic carbocycles. The minimum atomic E-state index is -4.10. The van der Waals surface area contributed by atoms with E-state index in [1.54, 1.807) is 0 Å². The van der Waals surface area contributed by atoms with Gasteiger partial charge >= 0.3 is 6.18 Å². The lowest BCUT2D eigenvalue weighted by atomic mass is 9.95. The number of alkyl halides is 3. The van der Waals surface area contributed by atoms with Crippen LogP contribution in [0.3, 0.4) is 0 Å². The standard InChI is InChI=1S/C17H23F3N2O/c18-17(19,20)12-22-8-6-15(11-22)21-10-14-7-9-23-16(14)13-4-2-1-3-5-13/h1-5,14-16,21H,6-12H2/t14-,15+,16+/m1/s1. The predicted molar refractivity (Wildman–Crippen MR) is 82.1 cm³/mol. The lowest BCUT2D eigenvalue weighted by Gasteiger charge is -2.22. The number of hydrogen-bond donors (Lipinski definition) is 1. The molecule has 128 valence electrons. The first-order valence-corrected chi connectivity index (χ1v) is 8.20. The molecule has 0 radical (unpaired) electrons. The number of hydrogen-bond acceptors (Lipinski definition) is 3. The second-order valence-electron chi connectivity index (χ2n) is 6.49. The van der Waals surface area contributed by atoms with Crippen LogP contribution in [0.1, 0.15) is 24.5 Å². The van der Waals surface area contributed by atoms with E-state index in [4.69, 9.17) is 4.74 Å². The summed E-state index contributed by atoms with van der Waals surface area (Å²) in [6.07, 6.45) is -2.24. The van der Waals surface area contributed by atoms with E-state index in [1.807, 2.05) is 18.2 Å². The van der Waals surface area contributed by atoms with Gasteiger partial charge in [-0.25, -0.2) is 0 Å². The molecule has 0 aromatic heterocycles. The normalized spacial score (nSPS) is 29.3. The van der Waals surface area contributed by atoms with E-state index in [-0.39, 0.29) is 12.1 Å². The van der Waals surface area contributed by atoms with Crippen molar-refractivity contribution in [3.8, 4) is 0 Å². The molecule has 23 heavy (non-hydrogen) atoms. The summed E-state index contributed by atoms with van der Waals surface area (Å²) in [4.78, 5) is 1.48. The molecule has 6 heteroatoms. The Morgan fingerprint density at radius 2 is 1.96 bits per heavy atom. The lowest BCUT2D eigenvalue weighted by Crippen LogP contribution is -2.38. The molecule has 0 unspecified atom stereocenters. The van der Waals surface area contributed by atoms with Crippen molar-refractivity contribution in [1.29, 1.82) is 0 Å². The Morgan fingerprint density at radius 3 is 2.70 bits per heavy atom. The highest BCUT2D eigenvalue weighted by atomic mass is 19.4. The van der Waals surface area contributed by atoms with Crippen molar-refractivity contribution < 1.29 is 17.9 Å². The van der Waals surface area contributed by atoms with Gasteiger partial charge in [0, 0.05) is 38.2 Å². The van der Waals surface area contributed by atoms with Crippen LogP contribution in [-0.4, -0.2) is 49.9 Å². The summed E-state index contributed by atoms with van der Waals surface area (Å²) in [5, 5.41) is 3.45. The summed E-state index contributed by atoms with van der Waals surface area (Å²) < 4.78 is 43.1. The number of likely N-dealkylation sites (tertiary alicyclic amines) is 1. The molecule has 1 N–H and O–H groups in total. The summed E-state index contributed by atoms with van der Waals surface area (Å²) in [6, 6.07) is 10.3. The molecule has 2 aliphatic heterocycles. The van der Waals surface area contributed by atoms with E-state index < -0.39 is 12.7 Å². The van der Waals surface area contributed by atoms with Crippen LogP contribution in [0, 0.1) is 5.92 Å². The van der Waals surface area contributed by atoms with Gasteiger partial charge in [0.05, 0.1) is 12.6 Å². The van der Waals surface area contributed by atoms with Gasteiger partial charge in [-0.15, -0.1) is 0 Å². The summed E-state index contributed by atoms with van der Waals surface area (Å²) in [6.45, 7) is 1.73. The van der Waals surface area contributed by atoms with Crippen LogP contribution in [0.15, 0.2) is 30.3 Å². The van der Waals surface area contributed by atoms with E-state index in [9.17, 15) is 13.2 Å². The molecule has 1 aromatic rings. The Kier molecular flexibility index (Phi) is 5.24. The maximum atomic E-state index is 12.4. The molecule has 2 saturated heterocycles. The van der Waals surface area contributed by atoms with Gasteiger partial charge in [-0.2, -0.15) is 13.2 Å². The number of benzene rings is 1. The third kappa shape index (κ3) is 4.68. The van der Waals surface area contributed by atoms with Crippen LogP contribution < -0.4 is 5.32 Å². The maximum Gasteiger partial charge on any atom is 0.401 e. The van der Waals surface area contributed by atoms with Crippen molar-refractivity contribution in [3.05, 3.63) is 35.9 Å². The topological polar surface area (TPSA) is 24.5 Å². The molecule has 0 saturated carbocycles. The fourth-order valence-corrected chi connectivity index (χ4v) is 3.57. The monoisotopic (exact) mass is 328 g/mol. The minimum Gasteiger partial charge on any atom is -0.373 e. The van der Waals surface area contributed by atoms with Gasteiger partial charge in [-0.05, 0) is 18.4 Å². The molecular formula is C17H23F3N2O. The smallest absolute Gasteiger partial charge is 0.373 e. The van der Waals surface area contributed by atoms with Gasteiger partial charge in [0.1, 0.15) is 0 Å². The van der Waals surface area contributed by atoms with Gasteiger partial charge in [-0.3, -0.25) is 4.90 Å². The molecular weight excluding hydrogens is 305 g/mol. The van der Waals surface area contributed by atoms with Crippen LogP contribution in [0.5, 0.6) is 0 Å². The molecule has 0 amide bonds. The van der Waals surface area contributed by atoms with E-state index in [0.717, 1.165) is 26.0 Å². The zero-order chi connectivity index (χ0) is 16.3. The number of nitrogens with zero attached hydrogens (tertiary/aromatic N) is 1. The van der Waals surface area contributed by atoms with E-state index in [2.05, 4.69) is 17.4 Å². The highest BCUT2D eigenvalue weighted by Crippen LogP contribution is 2.34. The number of nitrogens with one attached hydrogen (secondary N) is 1. The molecule has 2 heterocycles. The second kappa shape index (κ2) is 7.20. The molecule has 3 atom stereocenters. The summed E-state index contributed by atoms with van der Waals surface area (Å²) in [5.74, 6) is 0.383. The zero-order valence-corrected chi connectivity index (χ0v) is 13.1. The second-order valence-corrected chi connectivity index (χ2v) is 6.49. The van der Waals surface area contributed by atoms with Crippen molar-refractivity contribution in [1.82, 2.24) is 10.2 Å². The van der Waals surface area contributed by atoms with Crippen LogP contribution >= 0.6 is 0 Å². The molecule has 3 nitrogen and oxygen atoms in total. The van der Waals surface area contributed by atoms with Gasteiger partial charge in [0.2, 0.25) is 0 Å². The third-order valence-electron chi connectivity index (χ3n) is 4.69. The van der Waals surface area contributed by atoms with Gasteiger partial charge in [0.15, 0.2) is 0 Å². The quantitative estimate of drug-likeness (QED) is 0.899. The summed E-state index contributed by atoms with van der Waals surface area (Å²) >= 11 is 0. The van der Waals surface area contributed by atoms with Gasteiger partial charge in [-0.1, -0.05) is 30.3 Å². The van der Waals surface area contributed by atoms with Crippen LogP contribution in [-0.2, 0) is 4.74 Å². The number of halogens is 3. The maximum absolute atomic E-state index is 12.4. The Labute approximate surface area is 134 Å². The Morgan fingerprint density at radius 1 is 1.17 bits per heavy atom. The molecule has 0 spiro atoms. The summed E-state index contributed by atoms with van der Waals surface area (Å²) in [7, 11) is 0. The van der Waals surface area contributed by atoms with Gasteiger partial charge in [0.25, 0.3) is 0 Å². The number of rotatable bonds is 5. The first-order valence-electron chi connectivity index (χ1n) is 8.20. The lowest BCUT2D eigenvalue weighted by molar-refractivity contribution is -0.143. The molecule has 1 aromatic carbocycles. The minimum absolute atomic E-state index is 0.0939. The van der Waals surface area contributed by atoms with Crippen molar-refractivity contribution in [2.75, 3.05) is 32.8 Å². The van der Waals surface area contributed by atoms with E-state index >= 15 is 0 Å². The van der Waals surface area contributed by atoms with Crippen molar-refractivity contribution in [2.45, 2.75) is 31.2 Å². The van der Waals surface area contributed by atoms with E-state index in [0.29, 0.717) is 19.0 Å². The van der Waals surface area contributed by atoms with E-state index in [1.165, 1.54) is 10.5 Å². The van der Waals surface area contributed by atoms with Crippen molar-refractivity contribution >= 4 is 0 Å². The average Bonchev–Trinajstić information content (AvgIpc) is 3.13. The van der Waals surface area contributed by atoms with Crippen molar-refractivity contribution in [2.24, 2.45) is 5.92 Å². The highest BCUT2D eigenvalue weighted by molar-refractivity contribution is 5.19. The summed E-state index contributed by atoms with van der Waals surface area (Å²) in [5.41, 5.74) is 1.18. The Bertz CT molecular complexity index is 494. The number of ether oxygens (including phenoxy) is 1. The Hall–Kier alpha value is -1.11. The fraction of sp³-hybridized carbons (Fsp3) is 0.647. The van der Waals surface area contributed by atoms with Crippen molar-refractivity contribution in [3.63, 3.8) is 0 Å². The first kappa shape index (κ1) is 16.7. The SMILES string of the molecule is FC(F)(F)CN1CC[C@H](NC[C@H]2CCO[C@H]2c2ccccc2)C1. The van der Waals surface area contributed by atoms with Crippen LogP contribution in [0.25, 0.3) is 0 Å². The third-order valence-corrected chi connectivity index (χ3v) is 4.69. The fourth-order valence-electron chi connectivity index (χ4n) is 3.57. The Balaban J connectivity index is 1.47. The van der Waals surface area contributed by atoms with Crippen LogP contribution in [0.2, 0.25) is 0 Å². The van der Waals surface area contributed by atoms with Gasteiger partial charge < -0.3 is 10.1 Å². The molecule has 2 aliphatic rings. The molecule has 0 bridgehead atoms.